The van der Waals surface area contributed by atoms with Crippen LogP contribution in [0, 0.1) is 17.2 Å². The van der Waals surface area contributed by atoms with Gasteiger partial charge in [-0.1, -0.05) is 0 Å². The molecule has 0 amide bonds. The molecule has 0 aromatic carbocycles. The molecule has 1 unspecified atom stereocenters. The molecule has 0 radical (unpaired) electrons. The van der Waals surface area contributed by atoms with Crippen LogP contribution in [0.15, 0.2) is 5.70 Å². The molecule has 0 aliphatic carbocycles. The van der Waals surface area contributed by atoms with Gasteiger partial charge in [0.2, 0.25) is 0 Å². The van der Waals surface area contributed by atoms with Crippen molar-refractivity contribution in [2.45, 2.75) is 6.42 Å². The van der Waals surface area contributed by atoms with Crippen LogP contribution in [0.3, 0.4) is 0 Å². The normalized spacial score (nSPS) is 24.3. The van der Waals surface area contributed by atoms with E-state index in [1.54, 1.807) is 5.94 Å². The number of nitrogens with zero attached hydrogens (tertiary/aromatic N) is 1. The number of nitrogens with one attached hydrogen (secondary N) is 1. The van der Waals surface area contributed by atoms with E-state index in [1.165, 1.54) is 0 Å². The minimum absolute atomic E-state index is 0.234. The smallest absolute Gasteiger partial charge is 0.146 e. The zero-order valence-electron chi connectivity index (χ0n) is 4.85. The Morgan fingerprint density at radius 1 is 1.78 bits per heavy atom. The Kier molecular flexibility index (Phi) is 1.53. The summed E-state index contributed by atoms with van der Waals surface area (Å²) in [4.78, 5) is 10.0. The fraction of sp³-hybridized carbons (Fsp3) is 0.500. The molecular weight excluding hydrogens is 116 g/mol. The highest BCUT2D eigenvalue weighted by Crippen LogP contribution is 2.14. The third kappa shape index (κ3) is 0.933. The second kappa shape index (κ2) is 2.34. The Morgan fingerprint density at radius 2 is 2.56 bits per heavy atom. The van der Waals surface area contributed by atoms with Gasteiger partial charge >= 0.3 is 0 Å². The number of allylic oxidation sites excluding steroid dienone is 1. The summed E-state index contributed by atoms with van der Waals surface area (Å²) in [5, 5.41) is 11.2. The predicted molar refractivity (Wildman–Crippen MR) is 30.9 cm³/mol. The van der Waals surface area contributed by atoms with Gasteiger partial charge in [-0.2, -0.15) is 5.26 Å². The molecule has 0 aromatic heterocycles. The maximum atomic E-state index is 10.0. The third-order valence-electron chi connectivity index (χ3n) is 1.36. The highest BCUT2D eigenvalue weighted by atomic mass is 16.1. The average molecular weight is 122 g/mol. The molecule has 3 heteroatoms. The Labute approximate surface area is 53.0 Å². The quantitative estimate of drug-likeness (QED) is 0.454. The third-order valence-corrected chi connectivity index (χ3v) is 1.36. The van der Waals surface area contributed by atoms with Gasteiger partial charge in [-0.05, 0) is 6.42 Å². The summed E-state index contributed by atoms with van der Waals surface area (Å²) in [6.45, 7) is 0.725. The van der Waals surface area contributed by atoms with Crippen LogP contribution in [-0.2, 0) is 4.79 Å². The largest absolute Gasteiger partial charge is 0.378 e. The van der Waals surface area contributed by atoms with Crippen molar-refractivity contribution in [2.75, 3.05) is 6.54 Å². The summed E-state index contributed by atoms with van der Waals surface area (Å²) >= 11 is 0. The summed E-state index contributed by atoms with van der Waals surface area (Å²) < 4.78 is 0. The first-order valence-corrected chi connectivity index (χ1v) is 2.77. The monoisotopic (exact) mass is 122 g/mol. The molecule has 3 nitrogen and oxygen atoms in total. The van der Waals surface area contributed by atoms with Crippen LogP contribution in [0.25, 0.3) is 0 Å². The summed E-state index contributed by atoms with van der Waals surface area (Å²) in [5.41, 5.74) is 0.414. The van der Waals surface area contributed by atoms with Gasteiger partial charge in [-0.25, -0.2) is 4.79 Å². The van der Waals surface area contributed by atoms with E-state index in [0.29, 0.717) is 5.70 Å². The van der Waals surface area contributed by atoms with Crippen molar-refractivity contribution >= 4 is 5.94 Å². The maximum absolute atomic E-state index is 10.0. The summed E-state index contributed by atoms with van der Waals surface area (Å²) in [5.74, 6) is 1.46. The van der Waals surface area contributed by atoms with E-state index in [4.69, 9.17) is 5.26 Å². The minimum atomic E-state index is -0.234. The van der Waals surface area contributed by atoms with Crippen molar-refractivity contribution in [3.05, 3.63) is 5.70 Å². The average Bonchev–Trinajstić information content (AvgIpc) is 2.33. The SMILES string of the molecule is N#CC1CCNC1=C=O. The molecule has 1 fully saturated rings. The van der Waals surface area contributed by atoms with Crippen LogP contribution in [0.1, 0.15) is 6.42 Å². The van der Waals surface area contributed by atoms with Gasteiger partial charge in [0.25, 0.3) is 0 Å². The van der Waals surface area contributed by atoms with Crippen molar-refractivity contribution in [2.24, 2.45) is 5.92 Å². The fourth-order valence-corrected chi connectivity index (χ4v) is 0.855. The van der Waals surface area contributed by atoms with E-state index in [1.807, 2.05) is 6.07 Å². The predicted octanol–water partition coefficient (Wildman–Crippen LogP) is -0.165. The van der Waals surface area contributed by atoms with Gasteiger partial charge < -0.3 is 5.32 Å². The molecule has 1 aliphatic heterocycles. The maximum Gasteiger partial charge on any atom is 0.146 e. The van der Waals surface area contributed by atoms with Crippen molar-refractivity contribution < 1.29 is 4.79 Å². The molecule has 46 valence electrons. The molecule has 1 atom stereocenters. The first-order valence-electron chi connectivity index (χ1n) is 2.77. The molecule has 0 aromatic rings. The van der Waals surface area contributed by atoms with Gasteiger partial charge in [0.1, 0.15) is 11.6 Å². The molecule has 1 saturated heterocycles. The topological polar surface area (TPSA) is 52.9 Å². The van der Waals surface area contributed by atoms with Gasteiger partial charge in [0, 0.05) is 6.54 Å². The van der Waals surface area contributed by atoms with E-state index in [2.05, 4.69) is 5.32 Å². The first kappa shape index (κ1) is 5.87. The van der Waals surface area contributed by atoms with Crippen LogP contribution in [0.2, 0.25) is 0 Å². The minimum Gasteiger partial charge on any atom is -0.378 e. The number of nitriles is 1. The highest BCUT2D eigenvalue weighted by Gasteiger charge is 2.20. The highest BCUT2D eigenvalue weighted by molar-refractivity contribution is 5.54. The van der Waals surface area contributed by atoms with E-state index < -0.39 is 0 Å². The zero-order chi connectivity index (χ0) is 6.69. The van der Waals surface area contributed by atoms with Gasteiger partial charge in [-0.3, -0.25) is 0 Å². The van der Waals surface area contributed by atoms with Crippen LogP contribution >= 0.6 is 0 Å². The van der Waals surface area contributed by atoms with E-state index >= 15 is 0 Å². The van der Waals surface area contributed by atoms with Crippen molar-refractivity contribution in [1.29, 1.82) is 5.26 Å². The lowest BCUT2D eigenvalue weighted by molar-refractivity contribution is 0.564. The summed E-state index contributed by atoms with van der Waals surface area (Å²) in [6.07, 6.45) is 0.737. The van der Waals surface area contributed by atoms with Gasteiger partial charge in [-0.15, -0.1) is 0 Å². The first-order chi connectivity index (χ1) is 4.38. The fourth-order valence-electron chi connectivity index (χ4n) is 0.855. The molecule has 0 bridgehead atoms. The molecule has 1 heterocycles. The lowest BCUT2D eigenvalue weighted by Gasteiger charge is -1.91. The Balaban J connectivity index is 2.77. The standard InChI is InChI=1S/C6H6N2O/c7-3-5-1-2-8-6(5)4-9/h5,8H,1-2H2. The molecule has 0 spiro atoms. The molecule has 1 aliphatic rings. The van der Waals surface area contributed by atoms with E-state index in [9.17, 15) is 4.79 Å². The van der Waals surface area contributed by atoms with E-state index in [0.717, 1.165) is 13.0 Å². The van der Waals surface area contributed by atoms with Crippen LogP contribution in [0.5, 0.6) is 0 Å². The van der Waals surface area contributed by atoms with Crippen molar-refractivity contribution in [3.63, 3.8) is 0 Å². The summed E-state index contributed by atoms with van der Waals surface area (Å²) in [7, 11) is 0. The lowest BCUT2D eigenvalue weighted by atomic mass is 10.1. The Hall–Kier alpha value is -1.26. The second-order valence-corrected chi connectivity index (χ2v) is 1.91. The van der Waals surface area contributed by atoms with Crippen molar-refractivity contribution in [1.82, 2.24) is 5.32 Å². The number of hydrogen-bond donors (Lipinski definition) is 1. The molecule has 0 saturated carbocycles. The molecular formula is C6H6N2O. The zero-order valence-corrected chi connectivity index (χ0v) is 4.85. The molecule has 1 N–H and O–H groups in total. The van der Waals surface area contributed by atoms with Crippen LogP contribution < -0.4 is 5.32 Å². The van der Waals surface area contributed by atoms with Gasteiger partial charge in [0.05, 0.1) is 12.0 Å². The molecule has 1 rings (SSSR count). The molecule has 9 heavy (non-hydrogen) atoms. The van der Waals surface area contributed by atoms with Crippen molar-refractivity contribution in [3.8, 4) is 6.07 Å². The number of hydrogen-bond acceptors (Lipinski definition) is 3. The number of rotatable bonds is 0. The van der Waals surface area contributed by atoms with Crippen LogP contribution in [-0.4, -0.2) is 12.5 Å². The Bertz CT molecular complexity index is 198. The summed E-state index contributed by atoms with van der Waals surface area (Å²) in [6, 6.07) is 2.00. The lowest BCUT2D eigenvalue weighted by Crippen LogP contribution is -2.06. The van der Waals surface area contributed by atoms with Gasteiger partial charge in [0.15, 0.2) is 0 Å². The van der Waals surface area contributed by atoms with Crippen LogP contribution in [0.4, 0.5) is 0 Å². The Morgan fingerprint density at radius 3 is 3.00 bits per heavy atom. The second-order valence-electron chi connectivity index (χ2n) is 1.91. The van der Waals surface area contributed by atoms with E-state index in [-0.39, 0.29) is 5.92 Å². The number of carbonyl (C=O) groups excluding carboxylic acids is 1.